The number of fused-ring (bicyclic) bond motifs is 1. The molecule has 0 aliphatic heterocycles. The molecule has 74 valence electrons. The summed E-state index contributed by atoms with van der Waals surface area (Å²) >= 11 is 0. The largest absolute Gasteiger partial charge is 0.494 e. The summed E-state index contributed by atoms with van der Waals surface area (Å²) < 4.78 is 5.07. The van der Waals surface area contributed by atoms with Crippen LogP contribution in [-0.4, -0.2) is 27.3 Å². The van der Waals surface area contributed by atoms with Crippen LogP contribution in [0.4, 0.5) is 0 Å². The third kappa shape index (κ3) is 1.32. The Morgan fingerprint density at radius 2 is 2.21 bits per heavy atom. The molecule has 2 aromatic heterocycles. The summed E-state index contributed by atoms with van der Waals surface area (Å²) in [6.07, 6.45) is 1.67. The van der Waals surface area contributed by atoms with Gasteiger partial charge < -0.3 is 19.9 Å². The molecule has 2 aromatic rings. The first kappa shape index (κ1) is 8.98. The molecule has 0 aromatic carbocycles. The second-order valence-electron chi connectivity index (χ2n) is 2.90. The lowest BCUT2D eigenvalue weighted by molar-refractivity contribution is -0.0453. The zero-order valence-corrected chi connectivity index (χ0v) is 7.56. The van der Waals surface area contributed by atoms with Crippen molar-refractivity contribution < 1.29 is 14.9 Å². The number of aromatic amines is 1. The predicted octanol–water partition coefficient (Wildman–Crippen LogP) is 0.555. The van der Waals surface area contributed by atoms with Crippen LogP contribution in [0.1, 0.15) is 12.0 Å². The highest BCUT2D eigenvalue weighted by Gasteiger charge is 2.10. The van der Waals surface area contributed by atoms with E-state index in [9.17, 15) is 0 Å². The summed E-state index contributed by atoms with van der Waals surface area (Å²) in [5.41, 5.74) is 1.04. The van der Waals surface area contributed by atoms with Gasteiger partial charge in [-0.05, 0) is 6.07 Å². The minimum atomic E-state index is -1.51. The quantitative estimate of drug-likeness (QED) is 0.610. The van der Waals surface area contributed by atoms with Crippen LogP contribution in [-0.2, 0) is 0 Å². The maximum absolute atomic E-state index is 8.95. The molecule has 0 unspecified atom stereocenters. The fourth-order valence-electron chi connectivity index (χ4n) is 1.35. The van der Waals surface area contributed by atoms with Crippen molar-refractivity contribution >= 4 is 10.9 Å². The number of ether oxygens (including phenoxy) is 1. The molecule has 2 heterocycles. The highest BCUT2D eigenvalue weighted by molar-refractivity contribution is 5.85. The molecule has 14 heavy (non-hydrogen) atoms. The van der Waals surface area contributed by atoms with Gasteiger partial charge in [-0.25, -0.2) is 0 Å². The first-order valence-electron chi connectivity index (χ1n) is 4.09. The Kier molecular flexibility index (Phi) is 2.11. The topological polar surface area (TPSA) is 78.4 Å². The van der Waals surface area contributed by atoms with Crippen molar-refractivity contribution in [3.05, 3.63) is 24.2 Å². The third-order valence-corrected chi connectivity index (χ3v) is 2.03. The van der Waals surface area contributed by atoms with Crippen molar-refractivity contribution in [3.8, 4) is 5.75 Å². The summed E-state index contributed by atoms with van der Waals surface area (Å²) in [5.74, 6) is 0.602. The molecule has 0 atom stereocenters. The Balaban J connectivity index is 2.64. The Morgan fingerprint density at radius 1 is 1.43 bits per heavy atom. The van der Waals surface area contributed by atoms with E-state index in [4.69, 9.17) is 14.9 Å². The molecule has 0 spiro atoms. The van der Waals surface area contributed by atoms with Crippen molar-refractivity contribution in [2.45, 2.75) is 6.29 Å². The van der Waals surface area contributed by atoms with Crippen molar-refractivity contribution in [3.63, 3.8) is 0 Å². The Bertz CT molecular complexity index is 450. The number of hydrogen-bond donors (Lipinski definition) is 3. The fraction of sp³-hybridized carbons (Fsp3) is 0.222. The van der Waals surface area contributed by atoms with Crippen LogP contribution in [0, 0.1) is 0 Å². The highest BCUT2D eigenvalue weighted by Crippen LogP contribution is 2.26. The molecule has 3 N–H and O–H groups in total. The van der Waals surface area contributed by atoms with Crippen LogP contribution in [0.15, 0.2) is 18.5 Å². The van der Waals surface area contributed by atoms with Crippen LogP contribution in [0.2, 0.25) is 0 Å². The number of aliphatic hydroxyl groups is 2. The van der Waals surface area contributed by atoms with E-state index >= 15 is 0 Å². The van der Waals surface area contributed by atoms with Crippen LogP contribution >= 0.6 is 0 Å². The van der Waals surface area contributed by atoms with E-state index in [0.717, 1.165) is 5.39 Å². The second-order valence-corrected chi connectivity index (χ2v) is 2.90. The lowest BCUT2D eigenvalue weighted by Gasteiger charge is -1.98. The van der Waals surface area contributed by atoms with Gasteiger partial charge in [-0.2, -0.15) is 0 Å². The molecule has 0 bridgehead atoms. The highest BCUT2D eigenvalue weighted by atomic mass is 16.5. The van der Waals surface area contributed by atoms with Crippen LogP contribution in [0.3, 0.4) is 0 Å². The van der Waals surface area contributed by atoms with Gasteiger partial charge in [0.2, 0.25) is 0 Å². The number of rotatable bonds is 2. The van der Waals surface area contributed by atoms with Crippen molar-refractivity contribution in [2.75, 3.05) is 7.11 Å². The van der Waals surface area contributed by atoms with Gasteiger partial charge in [0, 0.05) is 5.39 Å². The third-order valence-electron chi connectivity index (χ3n) is 2.03. The van der Waals surface area contributed by atoms with E-state index in [1.807, 2.05) is 0 Å². The summed E-state index contributed by atoms with van der Waals surface area (Å²) in [6.45, 7) is 0. The van der Waals surface area contributed by atoms with Gasteiger partial charge in [0.1, 0.15) is 5.75 Å². The number of aromatic nitrogens is 2. The minimum absolute atomic E-state index is 0.325. The van der Waals surface area contributed by atoms with Gasteiger partial charge in [-0.15, -0.1) is 0 Å². The normalized spacial score (nSPS) is 11.1. The van der Waals surface area contributed by atoms with E-state index in [0.29, 0.717) is 17.0 Å². The Labute approximate surface area is 80.0 Å². The number of nitrogens with one attached hydrogen (secondary N) is 1. The molecule has 0 aliphatic carbocycles. The molecular formula is C9H10N2O3. The maximum Gasteiger partial charge on any atom is 0.193 e. The second kappa shape index (κ2) is 3.28. The van der Waals surface area contributed by atoms with Gasteiger partial charge in [0.05, 0.1) is 30.7 Å². The standard InChI is InChI=1S/C9H10N2O3/c1-14-8-4-10-3-7-5(8)2-6(11-7)9(12)13/h2-4,9,11-13H,1H3. The van der Waals surface area contributed by atoms with Crippen molar-refractivity contribution in [1.29, 1.82) is 0 Å². The number of nitrogens with zero attached hydrogens (tertiary/aromatic N) is 1. The number of aliphatic hydroxyl groups excluding tert-OH is 1. The summed E-state index contributed by atoms with van der Waals surface area (Å²) in [7, 11) is 1.54. The van der Waals surface area contributed by atoms with Gasteiger partial charge >= 0.3 is 0 Å². The first-order chi connectivity index (χ1) is 6.72. The molecule has 0 amide bonds. The molecule has 0 fully saturated rings. The van der Waals surface area contributed by atoms with Gasteiger partial charge in [0.15, 0.2) is 6.29 Å². The van der Waals surface area contributed by atoms with Crippen molar-refractivity contribution in [1.82, 2.24) is 9.97 Å². The van der Waals surface area contributed by atoms with Crippen molar-refractivity contribution in [2.24, 2.45) is 0 Å². The molecular weight excluding hydrogens is 184 g/mol. The zero-order chi connectivity index (χ0) is 10.1. The van der Waals surface area contributed by atoms with Gasteiger partial charge in [-0.1, -0.05) is 0 Å². The molecule has 2 rings (SSSR count). The summed E-state index contributed by atoms with van der Waals surface area (Å²) in [6, 6.07) is 1.63. The van der Waals surface area contributed by atoms with E-state index in [1.165, 1.54) is 0 Å². The van der Waals surface area contributed by atoms with Gasteiger partial charge in [0.25, 0.3) is 0 Å². The molecule has 5 nitrogen and oxygen atoms in total. The van der Waals surface area contributed by atoms with Crippen LogP contribution in [0.25, 0.3) is 10.9 Å². The van der Waals surface area contributed by atoms with Crippen LogP contribution < -0.4 is 4.74 Å². The van der Waals surface area contributed by atoms with Crippen LogP contribution in [0.5, 0.6) is 5.75 Å². The Hall–Kier alpha value is -1.59. The molecule has 0 aliphatic rings. The summed E-state index contributed by atoms with van der Waals surface area (Å²) in [4.78, 5) is 6.76. The smallest absolute Gasteiger partial charge is 0.193 e. The van der Waals surface area contributed by atoms with E-state index in [2.05, 4.69) is 9.97 Å². The number of hydrogen-bond acceptors (Lipinski definition) is 4. The summed E-state index contributed by atoms with van der Waals surface area (Å²) in [5, 5.41) is 18.7. The number of pyridine rings is 1. The number of H-pyrrole nitrogens is 1. The Morgan fingerprint density at radius 3 is 2.86 bits per heavy atom. The molecule has 0 saturated heterocycles. The lowest BCUT2D eigenvalue weighted by atomic mass is 10.3. The van der Waals surface area contributed by atoms with E-state index < -0.39 is 6.29 Å². The predicted molar refractivity (Wildman–Crippen MR) is 49.8 cm³/mol. The zero-order valence-electron chi connectivity index (χ0n) is 7.56. The average molecular weight is 194 g/mol. The fourth-order valence-corrected chi connectivity index (χ4v) is 1.35. The average Bonchev–Trinajstić information content (AvgIpc) is 2.60. The SMILES string of the molecule is COc1cncc2[nH]c(C(O)O)cc12. The molecule has 0 radical (unpaired) electrons. The maximum atomic E-state index is 8.95. The first-order valence-corrected chi connectivity index (χ1v) is 4.09. The monoisotopic (exact) mass is 194 g/mol. The number of methoxy groups -OCH3 is 1. The van der Waals surface area contributed by atoms with Gasteiger partial charge in [-0.3, -0.25) is 4.98 Å². The van der Waals surface area contributed by atoms with E-state index in [-0.39, 0.29) is 0 Å². The molecule has 5 heteroatoms. The molecule has 0 saturated carbocycles. The van der Waals surface area contributed by atoms with E-state index in [1.54, 1.807) is 25.6 Å². The minimum Gasteiger partial charge on any atom is -0.494 e. The lowest BCUT2D eigenvalue weighted by Crippen LogP contribution is -1.93.